The van der Waals surface area contributed by atoms with Crippen molar-refractivity contribution in [3.05, 3.63) is 125 Å². The van der Waals surface area contributed by atoms with Gasteiger partial charge in [0.25, 0.3) is 5.91 Å². The first-order chi connectivity index (χ1) is 23.4. The van der Waals surface area contributed by atoms with Crippen LogP contribution in [0.25, 0.3) is 0 Å². The van der Waals surface area contributed by atoms with Crippen LogP contribution in [0.2, 0.25) is 0 Å². The summed E-state index contributed by atoms with van der Waals surface area (Å²) in [6.45, 7) is 7.80. The van der Waals surface area contributed by atoms with E-state index in [1.54, 1.807) is 4.90 Å². The lowest BCUT2D eigenvalue weighted by Gasteiger charge is -2.36. The maximum Gasteiger partial charge on any atom is 0.260 e. The Kier molecular flexibility index (Phi) is 11.3. The van der Waals surface area contributed by atoms with E-state index < -0.39 is 35.1 Å². The molecule has 1 aliphatic rings. The van der Waals surface area contributed by atoms with Crippen molar-refractivity contribution in [2.24, 2.45) is 0 Å². The maximum atomic E-state index is 15.2. The SMILES string of the molecule is CC(C)(C)c1ccc(OCC(=O)N2CCNC[C@@H]2CCc2c(F)cncc2NC(=O)CC(c2ccc(F)cc2)c2cc(F)cc(F)c2)cc1. The topological polar surface area (TPSA) is 83.6 Å². The molecule has 2 amide bonds. The fourth-order valence-corrected chi connectivity index (χ4v) is 6.05. The Hall–Kier alpha value is -4.77. The van der Waals surface area contributed by atoms with Crippen molar-refractivity contribution in [1.82, 2.24) is 15.2 Å². The van der Waals surface area contributed by atoms with E-state index >= 15 is 4.39 Å². The van der Waals surface area contributed by atoms with Gasteiger partial charge in [0.2, 0.25) is 5.91 Å². The minimum Gasteiger partial charge on any atom is -0.484 e. The summed E-state index contributed by atoms with van der Waals surface area (Å²) in [6.07, 6.45) is 2.71. The molecular formula is C38H40F4N4O3. The van der Waals surface area contributed by atoms with Gasteiger partial charge in [0.1, 0.15) is 29.0 Å². The number of aromatic nitrogens is 1. The molecule has 2 atom stereocenters. The standard InChI is InChI=1S/C38H40F4N4O3/c1-38(2,3)26-6-11-31(12-7-26)49-23-37(48)46-15-14-43-20-30(46)10-13-32-34(42)21-44-22-35(32)45-36(47)19-33(24-4-8-27(39)9-5-24)25-16-28(40)18-29(41)17-25/h4-9,11-12,16-18,21-22,30,33,43H,10,13-15,19-20,23H2,1-3H3,(H,45,47)/t30-,33?/m0/s1. The molecule has 2 heterocycles. The molecule has 2 N–H and O–H groups in total. The van der Waals surface area contributed by atoms with E-state index in [-0.39, 0.29) is 53.6 Å². The third-order valence-corrected chi connectivity index (χ3v) is 8.71. The van der Waals surface area contributed by atoms with Crippen LogP contribution in [0.15, 0.2) is 79.1 Å². The van der Waals surface area contributed by atoms with Gasteiger partial charge in [0.15, 0.2) is 6.61 Å². The summed E-state index contributed by atoms with van der Waals surface area (Å²) in [5.74, 6) is -3.72. The number of pyridine rings is 1. The predicted octanol–water partition coefficient (Wildman–Crippen LogP) is 6.91. The zero-order valence-electron chi connectivity index (χ0n) is 27.7. The van der Waals surface area contributed by atoms with Gasteiger partial charge in [-0.3, -0.25) is 14.6 Å². The van der Waals surface area contributed by atoms with Crippen LogP contribution in [-0.4, -0.2) is 54.0 Å². The zero-order chi connectivity index (χ0) is 35.1. The summed E-state index contributed by atoms with van der Waals surface area (Å²) in [5.41, 5.74) is 2.18. The zero-order valence-corrected chi connectivity index (χ0v) is 27.7. The van der Waals surface area contributed by atoms with Crippen LogP contribution in [0.5, 0.6) is 5.75 Å². The van der Waals surface area contributed by atoms with Gasteiger partial charge in [0, 0.05) is 49.6 Å². The number of hydrogen-bond acceptors (Lipinski definition) is 5. The number of anilines is 1. The van der Waals surface area contributed by atoms with E-state index in [0.717, 1.165) is 30.0 Å². The molecular weight excluding hydrogens is 636 g/mol. The van der Waals surface area contributed by atoms with Crippen LogP contribution in [0.1, 0.15) is 61.8 Å². The molecule has 11 heteroatoms. The van der Waals surface area contributed by atoms with Crippen molar-refractivity contribution in [3.8, 4) is 5.75 Å². The predicted molar refractivity (Wildman–Crippen MR) is 179 cm³/mol. The molecule has 0 aliphatic carbocycles. The van der Waals surface area contributed by atoms with E-state index in [9.17, 15) is 22.8 Å². The highest BCUT2D eigenvalue weighted by atomic mass is 19.1. The molecule has 4 aromatic rings. The van der Waals surface area contributed by atoms with Crippen molar-refractivity contribution < 1.29 is 31.9 Å². The second-order valence-electron chi connectivity index (χ2n) is 13.3. The van der Waals surface area contributed by atoms with Crippen molar-refractivity contribution in [2.45, 2.75) is 57.4 Å². The smallest absolute Gasteiger partial charge is 0.260 e. The average Bonchev–Trinajstić information content (AvgIpc) is 3.06. The Morgan fingerprint density at radius 1 is 0.939 bits per heavy atom. The van der Waals surface area contributed by atoms with Crippen LogP contribution >= 0.6 is 0 Å². The molecule has 258 valence electrons. The lowest BCUT2D eigenvalue weighted by atomic mass is 9.87. The van der Waals surface area contributed by atoms with Gasteiger partial charge in [-0.2, -0.15) is 0 Å². The first-order valence-corrected chi connectivity index (χ1v) is 16.2. The summed E-state index contributed by atoms with van der Waals surface area (Å²) in [4.78, 5) is 32.3. The van der Waals surface area contributed by atoms with E-state index in [2.05, 4.69) is 36.4 Å². The highest BCUT2D eigenvalue weighted by Crippen LogP contribution is 2.31. The number of carbonyl (C=O) groups is 2. The Labute approximate surface area is 283 Å². The lowest BCUT2D eigenvalue weighted by molar-refractivity contribution is -0.136. The quantitative estimate of drug-likeness (QED) is 0.169. The molecule has 7 nitrogen and oxygen atoms in total. The monoisotopic (exact) mass is 676 g/mol. The minimum atomic E-state index is -0.817. The van der Waals surface area contributed by atoms with Gasteiger partial charge < -0.3 is 20.3 Å². The van der Waals surface area contributed by atoms with Crippen molar-refractivity contribution in [2.75, 3.05) is 31.6 Å². The van der Waals surface area contributed by atoms with Crippen molar-refractivity contribution in [1.29, 1.82) is 0 Å². The number of amides is 2. The summed E-state index contributed by atoms with van der Waals surface area (Å²) >= 11 is 0. The fraction of sp³-hybridized carbons (Fsp3) is 0.342. The second-order valence-corrected chi connectivity index (χ2v) is 13.3. The van der Waals surface area contributed by atoms with Crippen LogP contribution < -0.4 is 15.4 Å². The van der Waals surface area contributed by atoms with Gasteiger partial charge in [-0.1, -0.05) is 45.0 Å². The van der Waals surface area contributed by atoms with E-state index in [0.29, 0.717) is 37.4 Å². The number of nitrogens with one attached hydrogen (secondary N) is 2. The van der Waals surface area contributed by atoms with E-state index in [1.807, 2.05) is 24.3 Å². The normalized spacial score (nSPS) is 15.5. The fourth-order valence-electron chi connectivity index (χ4n) is 6.05. The van der Waals surface area contributed by atoms with Gasteiger partial charge in [-0.15, -0.1) is 0 Å². The third-order valence-electron chi connectivity index (χ3n) is 8.71. The number of nitrogens with zero attached hydrogens (tertiary/aromatic N) is 2. The molecule has 3 aromatic carbocycles. The largest absolute Gasteiger partial charge is 0.484 e. The number of carbonyl (C=O) groups excluding carboxylic acids is 2. The number of halogens is 4. The van der Waals surface area contributed by atoms with Crippen LogP contribution in [0, 0.1) is 23.3 Å². The Bertz CT molecular complexity index is 1740. The summed E-state index contributed by atoms with van der Waals surface area (Å²) < 4.78 is 63.0. The molecule has 1 aromatic heterocycles. The van der Waals surface area contributed by atoms with E-state index in [1.165, 1.54) is 30.5 Å². The van der Waals surface area contributed by atoms with Crippen LogP contribution in [0.4, 0.5) is 23.2 Å². The van der Waals surface area contributed by atoms with Gasteiger partial charge in [-0.05, 0) is 71.3 Å². The molecule has 0 bridgehead atoms. The number of benzene rings is 3. The Morgan fingerprint density at radius 2 is 1.63 bits per heavy atom. The average molecular weight is 677 g/mol. The Balaban J connectivity index is 1.25. The molecule has 1 aliphatic heterocycles. The molecule has 1 fully saturated rings. The third kappa shape index (κ3) is 9.44. The highest BCUT2D eigenvalue weighted by molar-refractivity contribution is 5.92. The summed E-state index contributed by atoms with van der Waals surface area (Å²) in [5, 5.41) is 6.00. The van der Waals surface area contributed by atoms with Crippen LogP contribution in [-0.2, 0) is 21.4 Å². The van der Waals surface area contributed by atoms with E-state index in [4.69, 9.17) is 4.74 Å². The van der Waals surface area contributed by atoms with Crippen LogP contribution in [0.3, 0.4) is 0 Å². The first-order valence-electron chi connectivity index (χ1n) is 16.2. The van der Waals surface area contributed by atoms with Crippen molar-refractivity contribution >= 4 is 17.5 Å². The molecule has 0 radical (unpaired) electrons. The molecule has 1 saturated heterocycles. The second kappa shape index (κ2) is 15.6. The first kappa shape index (κ1) is 35.5. The van der Waals surface area contributed by atoms with Gasteiger partial charge in [0.05, 0.1) is 18.1 Å². The molecule has 0 saturated carbocycles. The lowest BCUT2D eigenvalue weighted by Crippen LogP contribution is -2.54. The number of hydrogen-bond donors (Lipinski definition) is 2. The maximum absolute atomic E-state index is 15.2. The molecule has 0 spiro atoms. The molecule has 5 rings (SSSR count). The molecule has 1 unspecified atom stereocenters. The number of ether oxygens (including phenoxy) is 1. The minimum absolute atomic E-state index is 0.00464. The van der Waals surface area contributed by atoms with Crippen molar-refractivity contribution in [3.63, 3.8) is 0 Å². The summed E-state index contributed by atoms with van der Waals surface area (Å²) in [7, 11) is 0. The highest BCUT2D eigenvalue weighted by Gasteiger charge is 2.28. The Morgan fingerprint density at radius 3 is 2.31 bits per heavy atom. The number of piperazine rings is 1. The summed E-state index contributed by atoms with van der Waals surface area (Å²) in [6, 6.07) is 15.7. The molecule has 49 heavy (non-hydrogen) atoms. The van der Waals surface area contributed by atoms with Gasteiger partial charge in [-0.25, -0.2) is 17.6 Å². The number of rotatable bonds is 11. The van der Waals surface area contributed by atoms with Gasteiger partial charge >= 0.3 is 0 Å².